The third kappa shape index (κ3) is 3.47. The highest BCUT2D eigenvalue weighted by atomic mass is 16.5. The number of aliphatic hydroxyl groups is 1. The van der Waals surface area contributed by atoms with Gasteiger partial charge in [-0.3, -0.25) is 0 Å². The van der Waals surface area contributed by atoms with Crippen molar-refractivity contribution in [1.82, 2.24) is 0 Å². The van der Waals surface area contributed by atoms with Gasteiger partial charge < -0.3 is 14.6 Å². The van der Waals surface area contributed by atoms with Gasteiger partial charge in [-0.15, -0.1) is 0 Å². The Balaban J connectivity index is 1.89. The fraction of sp³-hybridized carbons (Fsp3) is 0.600. The van der Waals surface area contributed by atoms with Gasteiger partial charge in [0.25, 0.3) is 0 Å². The molecule has 3 nitrogen and oxygen atoms in total. The first kappa shape index (κ1) is 13.4. The third-order valence-electron chi connectivity index (χ3n) is 3.67. The van der Waals surface area contributed by atoms with E-state index in [2.05, 4.69) is 19.1 Å². The lowest BCUT2D eigenvalue weighted by Crippen LogP contribution is -2.39. The molecule has 1 heterocycles. The fourth-order valence-corrected chi connectivity index (χ4v) is 2.48. The fourth-order valence-electron chi connectivity index (χ4n) is 2.48. The average Bonchev–Trinajstić information content (AvgIpc) is 2.37. The minimum Gasteiger partial charge on any atom is -0.497 e. The normalized spacial score (nSPS) is 28.1. The van der Waals surface area contributed by atoms with Crippen molar-refractivity contribution in [2.45, 2.75) is 44.3 Å². The van der Waals surface area contributed by atoms with Crippen molar-refractivity contribution in [3.8, 4) is 5.75 Å². The van der Waals surface area contributed by atoms with E-state index in [1.165, 1.54) is 5.56 Å². The highest BCUT2D eigenvalue weighted by Crippen LogP contribution is 2.29. The van der Waals surface area contributed by atoms with E-state index < -0.39 is 0 Å². The molecule has 0 aromatic heterocycles. The lowest BCUT2D eigenvalue weighted by molar-refractivity contribution is -0.111. The van der Waals surface area contributed by atoms with Gasteiger partial charge in [-0.05, 0) is 43.9 Å². The van der Waals surface area contributed by atoms with Gasteiger partial charge in [0.1, 0.15) is 5.75 Å². The van der Waals surface area contributed by atoms with Crippen LogP contribution in [0.1, 0.15) is 31.7 Å². The summed E-state index contributed by atoms with van der Waals surface area (Å²) in [7, 11) is 1.67. The predicted molar refractivity (Wildman–Crippen MR) is 70.9 cm³/mol. The highest BCUT2D eigenvalue weighted by Gasteiger charge is 2.31. The van der Waals surface area contributed by atoms with Gasteiger partial charge in [-0.25, -0.2) is 0 Å². The van der Waals surface area contributed by atoms with Crippen molar-refractivity contribution >= 4 is 0 Å². The first-order chi connectivity index (χ1) is 8.61. The van der Waals surface area contributed by atoms with Gasteiger partial charge in [-0.1, -0.05) is 12.1 Å². The summed E-state index contributed by atoms with van der Waals surface area (Å²) in [6.45, 7) is 2.76. The molecule has 1 aromatic rings. The van der Waals surface area contributed by atoms with Crippen molar-refractivity contribution in [1.29, 1.82) is 0 Å². The molecule has 100 valence electrons. The van der Waals surface area contributed by atoms with Crippen LogP contribution >= 0.6 is 0 Å². The summed E-state index contributed by atoms with van der Waals surface area (Å²) in [5.74, 6) is 0.884. The molecular formula is C15H22O3. The van der Waals surface area contributed by atoms with Crippen LogP contribution in [0, 0.1) is 0 Å². The average molecular weight is 250 g/mol. The highest BCUT2D eigenvalue weighted by molar-refractivity contribution is 5.27. The first-order valence-electron chi connectivity index (χ1n) is 6.56. The molecule has 2 rings (SSSR count). The standard InChI is InChI=1S/C15H22O3/c1-15(11-13(16)8-10-18-15)9-7-12-3-5-14(17-2)6-4-12/h3-6,13,16H,7-11H2,1-2H3. The van der Waals surface area contributed by atoms with Crippen molar-refractivity contribution < 1.29 is 14.6 Å². The molecule has 1 aliphatic heterocycles. The predicted octanol–water partition coefficient (Wildman–Crippen LogP) is 2.56. The number of benzene rings is 1. The van der Waals surface area contributed by atoms with Crippen molar-refractivity contribution in [2.24, 2.45) is 0 Å². The molecule has 0 aliphatic carbocycles. The Kier molecular flexibility index (Phi) is 4.25. The topological polar surface area (TPSA) is 38.7 Å². The molecular weight excluding hydrogens is 228 g/mol. The molecule has 3 heteroatoms. The van der Waals surface area contributed by atoms with E-state index in [1.807, 2.05) is 12.1 Å². The molecule has 0 saturated carbocycles. The summed E-state index contributed by atoms with van der Waals surface area (Å²) >= 11 is 0. The molecule has 18 heavy (non-hydrogen) atoms. The quantitative estimate of drug-likeness (QED) is 0.892. The number of aryl methyl sites for hydroxylation is 1. The van der Waals surface area contributed by atoms with Crippen LogP contribution in [0.15, 0.2) is 24.3 Å². The molecule has 2 atom stereocenters. The van der Waals surface area contributed by atoms with E-state index in [1.54, 1.807) is 7.11 Å². The molecule has 2 unspecified atom stereocenters. The van der Waals surface area contributed by atoms with E-state index in [0.717, 1.165) is 31.4 Å². The molecule has 1 N–H and O–H groups in total. The van der Waals surface area contributed by atoms with Crippen LogP contribution in [0.3, 0.4) is 0 Å². The van der Waals surface area contributed by atoms with E-state index >= 15 is 0 Å². The van der Waals surface area contributed by atoms with Crippen LogP contribution in [0.4, 0.5) is 0 Å². The van der Waals surface area contributed by atoms with Gasteiger partial charge >= 0.3 is 0 Å². The number of methoxy groups -OCH3 is 1. The summed E-state index contributed by atoms with van der Waals surface area (Å²) in [5, 5.41) is 9.71. The molecule has 1 aliphatic rings. The number of rotatable bonds is 4. The zero-order chi connectivity index (χ0) is 13.0. The lowest BCUT2D eigenvalue weighted by atomic mass is 9.88. The lowest BCUT2D eigenvalue weighted by Gasteiger charge is -2.36. The summed E-state index contributed by atoms with van der Waals surface area (Å²) in [4.78, 5) is 0. The van der Waals surface area contributed by atoms with E-state index in [9.17, 15) is 5.11 Å². The Labute approximate surface area is 109 Å². The number of hydrogen-bond donors (Lipinski definition) is 1. The minimum atomic E-state index is -0.209. The number of ether oxygens (including phenoxy) is 2. The maximum absolute atomic E-state index is 9.71. The zero-order valence-corrected chi connectivity index (χ0v) is 11.2. The molecule has 0 amide bonds. The van der Waals surface area contributed by atoms with Gasteiger partial charge in [0.2, 0.25) is 0 Å². The Bertz CT molecular complexity index is 374. The van der Waals surface area contributed by atoms with Crippen molar-refractivity contribution in [2.75, 3.05) is 13.7 Å². The Morgan fingerprint density at radius 2 is 2.11 bits per heavy atom. The van der Waals surface area contributed by atoms with E-state index in [0.29, 0.717) is 6.61 Å². The van der Waals surface area contributed by atoms with Gasteiger partial charge in [0, 0.05) is 13.0 Å². The second-order valence-corrected chi connectivity index (χ2v) is 5.29. The Hall–Kier alpha value is -1.06. The monoisotopic (exact) mass is 250 g/mol. The van der Waals surface area contributed by atoms with Gasteiger partial charge in [-0.2, -0.15) is 0 Å². The maximum Gasteiger partial charge on any atom is 0.118 e. The van der Waals surface area contributed by atoms with Crippen LogP contribution in [-0.4, -0.2) is 30.5 Å². The summed E-state index contributed by atoms with van der Waals surface area (Å²) in [5.41, 5.74) is 1.10. The van der Waals surface area contributed by atoms with Gasteiger partial charge in [0.05, 0.1) is 18.8 Å². The zero-order valence-electron chi connectivity index (χ0n) is 11.2. The van der Waals surface area contributed by atoms with Crippen LogP contribution in [-0.2, 0) is 11.2 Å². The van der Waals surface area contributed by atoms with E-state index in [-0.39, 0.29) is 11.7 Å². The van der Waals surface area contributed by atoms with E-state index in [4.69, 9.17) is 9.47 Å². The second-order valence-electron chi connectivity index (χ2n) is 5.29. The van der Waals surface area contributed by atoms with Crippen LogP contribution in [0.25, 0.3) is 0 Å². The van der Waals surface area contributed by atoms with Crippen LogP contribution in [0.2, 0.25) is 0 Å². The minimum absolute atomic E-state index is 0.183. The smallest absolute Gasteiger partial charge is 0.118 e. The Morgan fingerprint density at radius 3 is 2.72 bits per heavy atom. The molecule has 1 aromatic carbocycles. The summed E-state index contributed by atoms with van der Waals surface area (Å²) in [6, 6.07) is 8.13. The molecule has 1 fully saturated rings. The molecule has 1 saturated heterocycles. The van der Waals surface area contributed by atoms with Gasteiger partial charge in [0.15, 0.2) is 0 Å². The van der Waals surface area contributed by atoms with Crippen LogP contribution < -0.4 is 4.74 Å². The van der Waals surface area contributed by atoms with Crippen molar-refractivity contribution in [3.63, 3.8) is 0 Å². The van der Waals surface area contributed by atoms with Crippen LogP contribution in [0.5, 0.6) is 5.75 Å². The Morgan fingerprint density at radius 1 is 1.39 bits per heavy atom. The second kappa shape index (κ2) is 5.72. The largest absolute Gasteiger partial charge is 0.497 e. The third-order valence-corrected chi connectivity index (χ3v) is 3.67. The molecule has 0 radical (unpaired) electrons. The summed E-state index contributed by atoms with van der Waals surface area (Å²) < 4.78 is 11.0. The summed E-state index contributed by atoms with van der Waals surface area (Å²) in [6.07, 6.45) is 3.20. The molecule has 0 bridgehead atoms. The van der Waals surface area contributed by atoms with Crippen molar-refractivity contribution in [3.05, 3.63) is 29.8 Å². The number of hydrogen-bond acceptors (Lipinski definition) is 3. The number of aliphatic hydroxyl groups excluding tert-OH is 1. The first-order valence-corrected chi connectivity index (χ1v) is 6.56. The molecule has 0 spiro atoms. The SMILES string of the molecule is COc1ccc(CCC2(C)CC(O)CCO2)cc1. The maximum atomic E-state index is 9.71.